The molecule has 7 heteroatoms. The van der Waals surface area contributed by atoms with E-state index >= 15 is 0 Å². The van der Waals surface area contributed by atoms with Crippen molar-refractivity contribution in [1.82, 2.24) is 15.6 Å². The molecule has 0 aliphatic heterocycles. The number of benzene rings is 1. The van der Waals surface area contributed by atoms with Crippen LogP contribution in [0.3, 0.4) is 0 Å². The Morgan fingerprint density at radius 2 is 1.87 bits per heavy atom. The number of hydrogen-bond donors (Lipinski definition) is 2. The van der Waals surface area contributed by atoms with Gasteiger partial charge in [-0.25, -0.2) is 0 Å². The molecule has 2 N–H and O–H groups in total. The fourth-order valence-electron chi connectivity index (χ4n) is 1.66. The van der Waals surface area contributed by atoms with Crippen molar-refractivity contribution in [2.75, 3.05) is 13.6 Å². The first-order chi connectivity index (χ1) is 10.2. The zero-order valence-electron chi connectivity index (χ0n) is 13.0. The number of nitrogens with zero attached hydrogens (tertiary/aromatic N) is 1. The van der Waals surface area contributed by atoms with E-state index in [0.717, 1.165) is 5.75 Å². The Bertz CT molecular complexity index is 597. The van der Waals surface area contributed by atoms with Crippen molar-refractivity contribution in [2.45, 2.75) is 13.0 Å². The molecule has 0 aliphatic rings. The van der Waals surface area contributed by atoms with Crippen molar-refractivity contribution < 1.29 is 9.53 Å². The molecule has 0 aliphatic carbocycles. The van der Waals surface area contributed by atoms with Crippen molar-refractivity contribution in [1.29, 1.82) is 0 Å². The van der Waals surface area contributed by atoms with Crippen molar-refractivity contribution in [3.05, 3.63) is 54.4 Å². The van der Waals surface area contributed by atoms with Crippen molar-refractivity contribution in [3.8, 4) is 11.5 Å². The van der Waals surface area contributed by atoms with Crippen LogP contribution in [-0.2, 0) is 0 Å². The number of carbonyl (C=O) groups is 1. The molecule has 1 atom stereocenters. The molecule has 0 saturated heterocycles. The molecule has 1 amide bonds. The number of rotatable bonds is 6. The normalized spacial score (nSPS) is 10.7. The molecule has 0 fully saturated rings. The summed E-state index contributed by atoms with van der Waals surface area (Å²) < 4.78 is 5.68. The van der Waals surface area contributed by atoms with Gasteiger partial charge in [0.2, 0.25) is 0 Å². The molecule has 1 unspecified atom stereocenters. The molecular weight excluding hydrogens is 337 g/mol. The van der Waals surface area contributed by atoms with Crippen LogP contribution < -0.4 is 15.4 Å². The summed E-state index contributed by atoms with van der Waals surface area (Å²) in [4.78, 5) is 16.1. The summed E-state index contributed by atoms with van der Waals surface area (Å²) in [7, 11) is 1.85. The Morgan fingerprint density at radius 3 is 2.52 bits per heavy atom. The van der Waals surface area contributed by atoms with Gasteiger partial charge in [-0.05, 0) is 32.2 Å². The Hall–Kier alpha value is -1.82. The second-order valence-corrected chi connectivity index (χ2v) is 4.69. The lowest BCUT2D eigenvalue weighted by Gasteiger charge is -2.11. The number of ether oxygens (including phenoxy) is 1. The number of nitrogens with one attached hydrogen (secondary N) is 2. The van der Waals surface area contributed by atoms with E-state index in [2.05, 4.69) is 15.6 Å². The van der Waals surface area contributed by atoms with E-state index in [4.69, 9.17) is 4.74 Å². The molecule has 5 nitrogen and oxygen atoms in total. The summed E-state index contributed by atoms with van der Waals surface area (Å²) in [6.45, 7) is 2.53. The third-order valence-corrected chi connectivity index (χ3v) is 3.00. The van der Waals surface area contributed by atoms with Crippen LogP contribution in [0.15, 0.2) is 48.7 Å². The van der Waals surface area contributed by atoms with Gasteiger partial charge >= 0.3 is 0 Å². The monoisotopic (exact) mass is 357 g/mol. The van der Waals surface area contributed by atoms with E-state index in [-0.39, 0.29) is 36.8 Å². The van der Waals surface area contributed by atoms with E-state index in [9.17, 15) is 4.79 Å². The highest BCUT2D eigenvalue weighted by atomic mass is 35.5. The first-order valence-electron chi connectivity index (χ1n) is 6.83. The lowest BCUT2D eigenvalue weighted by Crippen LogP contribution is -2.37. The lowest BCUT2D eigenvalue weighted by molar-refractivity contribution is 0.0945. The number of amides is 1. The first-order valence-corrected chi connectivity index (χ1v) is 6.83. The Morgan fingerprint density at radius 1 is 1.17 bits per heavy atom. The summed E-state index contributed by atoms with van der Waals surface area (Å²) in [5.41, 5.74) is 0.340. The second kappa shape index (κ2) is 10.8. The van der Waals surface area contributed by atoms with Crippen LogP contribution in [0.25, 0.3) is 0 Å². The summed E-state index contributed by atoms with van der Waals surface area (Å²) in [6, 6.07) is 13.0. The van der Waals surface area contributed by atoms with Gasteiger partial charge in [-0.15, -0.1) is 24.8 Å². The van der Waals surface area contributed by atoms with Crippen molar-refractivity contribution in [2.24, 2.45) is 0 Å². The molecule has 1 aromatic heterocycles. The SMILES string of the molecule is CNC(C)CNC(=O)c1cc(Oc2ccccc2)ccn1.Cl.Cl. The third kappa shape index (κ3) is 6.86. The number of halogens is 2. The molecule has 0 radical (unpaired) electrons. The average Bonchev–Trinajstić information content (AvgIpc) is 2.53. The lowest BCUT2D eigenvalue weighted by atomic mass is 10.3. The number of likely N-dealkylation sites (N-methyl/N-ethyl adjacent to an activating group) is 1. The molecule has 1 heterocycles. The zero-order valence-corrected chi connectivity index (χ0v) is 14.6. The van der Waals surface area contributed by atoms with E-state index in [1.54, 1.807) is 18.3 Å². The van der Waals surface area contributed by atoms with Gasteiger partial charge < -0.3 is 15.4 Å². The second-order valence-electron chi connectivity index (χ2n) is 4.69. The van der Waals surface area contributed by atoms with Crippen LogP contribution in [0.4, 0.5) is 0 Å². The van der Waals surface area contributed by atoms with Crippen LogP contribution in [0.2, 0.25) is 0 Å². The fourth-order valence-corrected chi connectivity index (χ4v) is 1.66. The van der Waals surface area contributed by atoms with Gasteiger partial charge in [0, 0.05) is 24.8 Å². The molecule has 1 aromatic carbocycles. The maximum atomic E-state index is 12.0. The number of para-hydroxylation sites is 1. The topological polar surface area (TPSA) is 63.2 Å². The molecule has 0 saturated carbocycles. The van der Waals surface area contributed by atoms with Crippen LogP contribution >= 0.6 is 24.8 Å². The number of hydrogen-bond acceptors (Lipinski definition) is 4. The van der Waals surface area contributed by atoms with Gasteiger partial charge in [0.05, 0.1) is 0 Å². The highest BCUT2D eigenvalue weighted by Crippen LogP contribution is 2.20. The summed E-state index contributed by atoms with van der Waals surface area (Å²) in [5.74, 6) is 1.09. The molecule has 0 bridgehead atoms. The Balaban J connectivity index is 0.00000242. The molecule has 23 heavy (non-hydrogen) atoms. The van der Waals surface area contributed by atoms with E-state index in [1.165, 1.54) is 0 Å². The first kappa shape index (κ1) is 21.2. The fraction of sp³-hybridized carbons (Fsp3) is 0.250. The average molecular weight is 358 g/mol. The van der Waals surface area contributed by atoms with Gasteiger partial charge in [-0.2, -0.15) is 0 Å². The van der Waals surface area contributed by atoms with Crippen LogP contribution in [-0.4, -0.2) is 30.5 Å². The maximum Gasteiger partial charge on any atom is 0.270 e. The summed E-state index contributed by atoms with van der Waals surface area (Å²) >= 11 is 0. The summed E-state index contributed by atoms with van der Waals surface area (Å²) in [6.07, 6.45) is 1.56. The number of aromatic nitrogens is 1. The predicted molar refractivity (Wildman–Crippen MR) is 96.1 cm³/mol. The van der Waals surface area contributed by atoms with Gasteiger partial charge in [-0.1, -0.05) is 18.2 Å². The van der Waals surface area contributed by atoms with Crippen molar-refractivity contribution >= 4 is 30.7 Å². The Labute approximate surface area is 148 Å². The third-order valence-electron chi connectivity index (χ3n) is 3.00. The van der Waals surface area contributed by atoms with Gasteiger partial charge in [-0.3, -0.25) is 9.78 Å². The molecule has 2 rings (SSSR count). The number of pyridine rings is 1. The van der Waals surface area contributed by atoms with Gasteiger partial charge in [0.1, 0.15) is 17.2 Å². The highest BCUT2D eigenvalue weighted by Gasteiger charge is 2.09. The maximum absolute atomic E-state index is 12.0. The smallest absolute Gasteiger partial charge is 0.270 e. The van der Waals surface area contributed by atoms with Crippen LogP contribution in [0, 0.1) is 0 Å². The zero-order chi connectivity index (χ0) is 15.1. The molecule has 2 aromatic rings. The largest absolute Gasteiger partial charge is 0.457 e. The minimum atomic E-state index is -0.212. The predicted octanol–water partition coefficient (Wildman–Crippen LogP) is 3.06. The molecule has 126 valence electrons. The Kier molecular flexibility index (Phi) is 9.97. The van der Waals surface area contributed by atoms with Gasteiger partial charge in [0.25, 0.3) is 5.91 Å². The minimum absolute atomic E-state index is 0. The molecule has 0 spiro atoms. The van der Waals surface area contributed by atoms with Crippen LogP contribution in [0.5, 0.6) is 11.5 Å². The van der Waals surface area contributed by atoms with E-state index in [1.807, 2.05) is 44.3 Å². The van der Waals surface area contributed by atoms with Gasteiger partial charge in [0.15, 0.2) is 0 Å². The minimum Gasteiger partial charge on any atom is -0.457 e. The van der Waals surface area contributed by atoms with E-state index in [0.29, 0.717) is 18.0 Å². The van der Waals surface area contributed by atoms with Crippen LogP contribution in [0.1, 0.15) is 17.4 Å². The standard InChI is InChI=1S/C16H19N3O2.2ClH/c1-12(17-2)11-19-16(20)15-10-14(8-9-18-15)21-13-6-4-3-5-7-13;;/h3-10,12,17H,11H2,1-2H3,(H,19,20);2*1H. The quantitative estimate of drug-likeness (QED) is 0.833. The van der Waals surface area contributed by atoms with E-state index < -0.39 is 0 Å². The number of carbonyl (C=O) groups excluding carboxylic acids is 1. The molecular formula is C16H21Cl2N3O2. The highest BCUT2D eigenvalue weighted by molar-refractivity contribution is 5.92. The summed E-state index contributed by atoms with van der Waals surface area (Å²) in [5, 5.41) is 5.88. The van der Waals surface area contributed by atoms with Crippen molar-refractivity contribution in [3.63, 3.8) is 0 Å².